The van der Waals surface area contributed by atoms with Crippen molar-refractivity contribution >= 4 is 10.9 Å². The van der Waals surface area contributed by atoms with E-state index in [0.29, 0.717) is 5.39 Å². The molecule has 0 amide bonds. The number of rotatable bonds is 1. The van der Waals surface area contributed by atoms with E-state index in [1.165, 1.54) is 6.07 Å². The maximum Gasteiger partial charge on any atom is 0.416 e. The number of para-hydroxylation sites is 1. The van der Waals surface area contributed by atoms with Gasteiger partial charge in [0.1, 0.15) is 0 Å². The van der Waals surface area contributed by atoms with Crippen molar-refractivity contribution in [2.75, 3.05) is 0 Å². The largest absolute Gasteiger partial charge is 0.416 e. The molecule has 0 radical (unpaired) electrons. The molecule has 1 aliphatic carbocycles. The van der Waals surface area contributed by atoms with E-state index in [1.807, 2.05) is 34.9 Å². The summed E-state index contributed by atoms with van der Waals surface area (Å²) in [6.07, 6.45) is -1.83. The average molecular weight is 330 g/mol. The van der Waals surface area contributed by atoms with E-state index < -0.39 is 11.7 Å². The molecule has 5 heteroatoms. The number of nitrogens with zero attached hydrogens (tertiary/aromatic N) is 1. The lowest BCUT2D eigenvalue weighted by Gasteiger charge is -2.22. The number of alkyl halides is 3. The Kier molecular flexibility index (Phi) is 3.42. The van der Waals surface area contributed by atoms with Gasteiger partial charge in [0.05, 0.1) is 11.1 Å². The van der Waals surface area contributed by atoms with E-state index in [2.05, 4.69) is 0 Å². The Labute approximate surface area is 137 Å². The van der Waals surface area contributed by atoms with Gasteiger partial charge in [-0.1, -0.05) is 18.2 Å². The highest BCUT2D eigenvalue weighted by atomic mass is 19.4. The van der Waals surface area contributed by atoms with Crippen molar-refractivity contribution in [3.63, 3.8) is 0 Å². The first-order valence-corrected chi connectivity index (χ1v) is 8.02. The Hall–Kier alpha value is -2.27. The summed E-state index contributed by atoms with van der Waals surface area (Å²) in [4.78, 5) is 0. The molecule has 0 saturated heterocycles. The van der Waals surface area contributed by atoms with Gasteiger partial charge in [-0.15, -0.1) is 0 Å². The normalized spacial score (nSPS) is 17.9. The molecule has 0 fully saturated rings. The second kappa shape index (κ2) is 5.38. The van der Waals surface area contributed by atoms with Crippen molar-refractivity contribution in [3.05, 3.63) is 65.4 Å². The van der Waals surface area contributed by atoms with E-state index in [0.717, 1.165) is 47.8 Å². The van der Waals surface area contributed by atoms with Crippen LogP contribution >= 0.6 is 0 Å². The molecular formula is C19H17F3N2. The number of halogens is 3. The molecule has 0 saturated carbocycles. The molecular weight excluding hydrogens is 313 g/mol. The molecule has 0 aliphatic heterocycles. The van der Waals surface area contributed by atoms with E-state index >= 15 is 0 Å². The molecule has 2 N–H and O–H groups in total. The first-order valence-electron chi connectivity index (χ1n) is 8.02. The predicted molar refractivity (Wildman–Crippen MR) is 88.1 cm³/mol. The number of hydrogen-bond acceptors (Lipinski definition) is 1. The number of benzene rings is 2. The average Bonchev–Trinajstić information content (AvgIpc) is 2.90. The second-order valence-electron chi connectivity index (χ2n) is 6.26. The summed E-state index contributed by atoms with van der Waals surface area (Å²) in [6, 6.07) is 13.5. The van der Waals surface area contributed by atoms with Crippen LogP contribution in [0.3, 0.4) is 0 Å². The van der Waals surface area contributed by atoms with Crippen molar-refractivity contribution in [2.24, 2.45) is 5.73 Å². The maximum absolute atomic E-state index is 13.1. The minimum Gasteiger partial charge on any atom is -0.323 e. The molecule has 24 heavy (non-hydrogen) atoms. The molecule has 2 aromatic carbocycles. The number of hydrogen-bond donors (Lipinski definition) is 1. The van der Waals surface area contributed by atoms with Crippen LogP contribution in [0.1, 0.15) is 35.7 Å². The van der Waals surface area contributed by atoms with Gasteiger partial charge in [0.15, 0.2) is 0 Å². The monoisotopic (exact) mass is 330 g/mol. The molecule has 2 nitrogen and oxygen atoms in total. The van der Waals surface area contributed by atoms with Crippen molar-refractivity contribution < 1.29 is 13.2 Å². The Morgan fingerprint density at radius 3 is 2.50 bits per heavy atom. The lowest BCUT2D eigenvalue weighted by Crippen LogP contribution is -2.20. The van der Waals surface area contributed by atoms with Gasteiger partial charge in [-0.25, -0.2) is 0 Å². The molecule has 1 aromatic heterocycles. The molecule has 3 aromatic rings. The third-order valence-electron chi connectivity index (χ3n) is 4.75. The van der Waals surface area contributed by atoms with E-state index in [9.17, 15) is 13.2 Å². The quantitative estimate of drug-likeness (QED) is 0.670. The van der Waals surface area contributed by atoms with Gasteiger partial charge in [0, 0.05) is 22.8 Å². The van der Waals surface area contributed by atoms with Gasteiger partial charge in [-0.05, 0) is 55.2 Å². The number of aryl methyl sites for hydroxylation is 1. The lowest BCUT2D eigenvalue weighted by atomic mass is 9.92. The fourth-order valence-electron chi connectivity index (χ4n) is 3.69. The topological polar surface area (TPSA) is 30.9 Å². The van der Waals surface area contributed by atoms with E-state index in [-0.39, 0.29) is 6.04 Å². The Balaban J connectivity index is 2.06. The Morgan fingerprint density at radius 2 is 1.79 bits per heavy atom. The third-order valence-corrected chi connectivity index (χ3v) is 4.75. The van der Waals surface area contributed by atoms with Gasteiger partial charge < -0.3 is 10.3 Å². The molecule has 124 valence electrons. The Bertz CT molecular complexity index is 894. The summed E-state index contributed by atoms with van der Waals surface area (Å²) in [5.41, 5.74) is 9.34. The molecule has 0 bridgehead atoms. The highest BCUT2D eigenvalue weighted by Gasteiger charge is 2.32. The van der Waals surface area contributed by atoms with Crippen LogP contribution in [0.15, 0.2) is 48.5 Å². The summed E-state index contributed by atoms with van der Waals surface area (Å²) in [7, 11) is 0. The van der Waals surface area contributed by atoms with Crippen molar-refractivity contribution in [1.29, 1.82) is 0 Å². The summed E-state index contributed by atoms with van der Waals surface area (Å²) in [6.45, 7) is 0. The van der Waals surface area contributed by atoms with Crippen LogP contribution in [-0.4, -0.2) is 4.57 Å². The highest BCUT2D eigenvalue weighted by molar-refractivity contribution is 5.88. The lowest BCUT2D eigenvalue weighted by molar-refractivity contribution is -0.137. The summed E-state index contributed by atoms with van der Waals surface area (Å²) in [5.74, 6) is 0. The number of aromatic nitrogens is 1. The molecule has 4 rings (SSSR count). The fourth-order valence-corrected chi connectivity index (χ4v) is 3.69. The van der Waals surface area contributed by atoms with Crippen LogP contribution in [-0.2, 0) is 12.6 Å². The van der Waals surface area contributed by atoms with Crippen LogP contribution in [0.25, 0.3) is 16.6 Å². The first-order chi connectivity index (χ1) is 11.5. The zero-order valence-electron chi connectivity index (χ0n) is 13.0. The minimum absolute atomic E-state index is 0.157. The molecule has 1 unspecified atom stereocenters. The van der Waals surface area contributed by atoms with Crippen LogP contribution in [0, 0.1) is 0 Å². The third kappa shape index (κ3) is 2.31. The van der Waals surface area contributed by atoms with Crippen molar-refractivity contribution in [3.8, 4) is 5.69 Å². The molecule has 1 heterocycles. The standard InChI is InChI=1S/C19H17F3N2/c20-19(21,22)12-9-10-17-15(11-12)14-7-4-8-16(23)18(14)24(17)13-5-2-1-3-6-13/h1-3,5-6,9-11,16H,4,7-8,23H2. The number of fused-ring (bicyclic) bond motifs is 3. The van der Waals surface area contributed by atoms with Crippen LogP contribution in [0.5, 0.6) is 0 Å². The van der Waals surface area contributed by atoms with Crippen LogP contribution in [0.4, 0.5) is 13.2 Å². The first kappa shape index (κ1) is 15.3. The second-order valence-corrected chi connectivity index (χ2v) is 6.26. The van der Waals surface area contributed by atoms with Crippen LogP contribution < -0.4 is 5.73 Å². The van der Waals surface area contributed by atoms with Crippen molar-refractivity contribution in [1.82, 2.24) is 4.57 Å². The summed E-state index contributed by atoms with van der Waals surface area (Å²) < 4.78 is 41.4. The number of nitrogens with two attached hydrogens (primary N) is 1. The van der Waals surface area contributed by atoms with E-state index in [1.54, 1.807) is 6.07 Å². The van der Waals surface area contributed by atoms with Gasteiger partial charge in [0.2, 0.25) is 0 Å². The van der Waals surface area contributed by atoms with Gasteiger partial charge in [0.25, 0.3) is 0 Å². The van der Waals surface area contributed by atoms with Gasteiger partial charge in [-0.3, -0.25) is 0 Å². The van der Waals surface area contributed by atoms with Crippen LogP contribution in [0.2, 0.25) is 0 Å². The van der Waals surface area contributed by atoms with E-state index in [4.69, 9.17) is 5.73 Å². The Morgan fingerprint density at radius 1 is 1.04 bits per heavy atom. The zero-order valence-corrected chi connectivity index (χ0v) is 13.0. The van der Waals surface area contributed by atoms with Gasteiger partial charge >= 0.3 is 6.18 Å². The smallest absolute Gasteiger partial charge is 0.323 e. The molecule has 1 aliphatic rings. The summed E-state index contributed by atoms with van der Waals surface area (Å²) in [5, 5.41) is 0.666. The SMILES string of the molecule is NC1CCCc2c1n(-c1ccccc1)c1ccc(C(F)(F)F)cc21. The summed E-state index contributed by atoms with van der Waals surface area (Å²) >= 11 is 0. The maximum atomic E-state index is 13.1. The fraction of sp³-hybridized carbons (Fsp3) is 0.263. The highest BCUT2D eigenvalue weighted by Crippen LogP contribution is 2.40. The zero-order chi connectivity index (χ0) is 16.9. The van der Waals surface area contributed by atoms with Gasteiger partial charge in [-0.2, -0.15) is 13.2 Å². The van der Waals surface area contributed by atoms with Crippen molar-refractivity contribution in [2.45, 2.75) is 31.5 Å². The molecule has 1 atom stereocenters. The minimum atomic E-state index is -4.34. The molecule has 0 spiro atoms. The predicted octanol–water partition coefficient (Wildman–Crippen LogP) is 4.99.